The molecule has 1 unspecified atom stereocenters. The third-order valence-electron chi connectivity index (χ3n) is 6.34. The standard InChI is InChI=1S/C26H20ClF2N10O/c1-40-39-13-18(25-23(38-16-31-34-35-38)5-3-21(27)26(25)29)2-4-22(39)24(15-36-14-20(28)11-32-36)37-12-19(10-33-37)17-6-8-30-9-7-17/h2-14,16,24H,15H2,1H3/q+1. The van der Waals surface area contributed by atoms with Crippen molar-refractivity contribution in [1.82, 2.24) is 44.8 Å². The molecule has 11 nitrogen and oxygen atoms in total. The molecule has 6 aromatic rings. The van der Waals surface area contributed by atoms with Crippen LogP contribution >= 0.6 is 11.6 Å². The number of halogens is 3. The van der Waals surface area contributed by atoms with E-state index in [0.717, 1.165) is 17.3 Å². The average Bonchev–Trinajstić information content (AvgIpc) is 3.76. The number of tetrazole rings is 1. The molecule has 0 aliphatic carbocycles. The lowest BCUT2D eigenvalue weighted by Gasteiger charge is -2.16. The van der Waals surface area contributed by atoms with Crippen molar-refractivity contribution in [1.29, 1.82) is 0 Å². The number of nitrogens with zero attached hydrogens (tertiary/aromatic N) is 10. The summed E-state index contributed by atoms with van der Waals surface area (Å²) in [4.78, 5) is 9.77. The van der Waals surface area contributed by atoms with E-state index in [4.69, 9.17) is 16.4 Å². The number of aromatic nitrogens is 10. The molecule has 1 atom stereocenters. The Kier molecular flexibility index (Phi) is 6.70. The Morgan fingerprint density at radius 1 is 0.975 bits per heavy atom. The topological polar surface area (TPSA) is 105 Å². The van der Waals surface area contributed by atoms with E-state index < -0.39 is 17.7 Å². The van der Waals surface area contributed by atoms with Gasteiger partial charge in [-0.15, -0.1) is 5.10 Å². The van der Waals surface area contributed by atoms with Crippen LogP contribution in [0.3, 0.4) is 0 Å². The van der Waals surface area contributed by atoms with E-state index >= 15 is 4.39 Å². The molecule has 0 spiro atoms. The number of benzene rings is 1. The van der Waals surface area contributed by atoms with Gasteiger partial charge in [0, 0.05) is 35.0 Å². The third-order valence-corrected chi connectivity index (χ3v) is 6.63. The molecule has 0 aliphatic rings. The van der Waals surface area contributed by atoms with Gasteiger partial charge in [-0.05, 0) is 46.3 Å². The van der Waals surface area contributed by atoms with Gasteiger partial charge in [0.15, 0.2) is 17.7 Å². The van der Waals surface area contributed by atoms with E-state index in [1.165, 1.54) is 39.8 Å². The minimum absolute atomic E-state index is 0.0568. The van der Waals surface area contributed by atoms with Crippen LogP contribution in [0.4, 0.5) is 8.78 Å². The van der Waals surface area contributed by atoms with Crippen molar-refractivity contribution >= 4 is 11.6 Å². The van der Waals surface area contributed by atoms with Crippen LogP contribution in [0.5, 0.6) is 0 Å². The smallest absolute Gasteiger partial charge is 0.260 e. The van der Waals surface area contributed by atoms with Gasteiger partial charge in [0.1, 0.15) is 13.4 Å². The molecule has 0 N–H and O–H groups in total. The van der Waals surface area contributed by atoms with E-state index in [1.807, 2.05) is 18.3 Å². The molecule has 0 amide bonds. The Labute approximate surface area is 230 Å². The van der Waals surface area contributed by atoms with Crippen LogP contribution in [-0.2, 0) is 6.54 Å². The Hall–Kier alpha value is -5.04. The molecule has 0 radical (unpaired) electrons. The number of hydrogen-bond acceptors (Lipinski definition) is 7. The summed E-state index contributed by atoms with van der Waals surface area (Å²) in [6, 6.07) is 9.84. The molecule has 1 aromatic carbocycles. The van der Waals surface area contributed by atoms with E-state index in [-0.39, 0.29) is 17.1 Å². The van der Waals surface area contributed by atoms with Crippen molar-refractivity contribution in [2.75, 3.05) is 7.11 Å². The van der Waals surface area contributed by atoms with Gasteiger partial charge >= 0.3 is 0 Å². The lowest BCUT2D eigenvalue weighted by atomic mass is 10.0. The van der Waals surface area contributed by atoms with Crippen molar-refractivity contribution < 1.29 is 18.3 Å². The maximum atomic E-state index is 15.4. The van der Waals surface area contributed by atoms with Crippen LogP contribution < -0.4 is 9.57 Å². The average molecular weight is 562 g/mol. The van der Waals surface area contributed by atoms with Crippen molar-refractivity contribution in [3.63, 3.8) is 0 Å². The largest absolute Gasteiger partial charge is 0.274 e. The zero-order valence-corrected chi connectivity index (χ0v) is 21.6. The summed E-state index contributed by atoms with van der Waals surface area (Å²) in [7, 11) is 1.49. The Morgan fingerprint density at radius 3 is 2.55 bits per heavy atom. The van der Waals surface area contributed by atoms with E-state index in [2.05, 4.69) is 30.7 Å². The van der Waals surface area contributed by atoms with Crippen LogP contribution in [0.25, 0.3) is 27.9 Å². The molecular formula is C26H20ClF2N10O+. The fourth-order valence-corrected chi connectivity index (χ4v) is 4.62. The van der Waals surface area contributed by atoms with Gasteiger partial charge in [0.05, 0.1) is 47.0 Å². The minimum Gasteiger partial charge on any atom is -0.274 e. The first-order valence-corrected chi connectivity index (χ1v) is 12.3. The second kappa shape index (κ2) is 10.6. The minimum atomic E-state index is -0.636. The zero-order chi connectivity index (χ0) is 27.6. The summed E-state index contributed by atoms with van der Waals surface area (Å²) in [6.07, 6.45) is 12.4. The van der Waals surface area contributed by atoms with Crippen LogP contribution in [0.2, 0.25) is 5.02 Å². The highest BCUT2D eigenvalue weighted by Gasteiger charge is 2.30. The van der Waals surface area contributed by atoms with Gasteiger partial charge in [-0.25, -0.2) is 8.78 Å². The molecule has 0 aliphatic heterocycles. The van der Waals surface area contributed by atoms with Crippen LogP contribution in [0, 0.1) is 11.6 Å². The fraction of sp³-hybridized carbons (Fsp3) is 0.115. The first-order chi connectivity index (χ1) is 19.5. The lowest BCUT2D eigenvalue weighted by molar-refractivity contribution is -0.891. The van der Waals surface area contributed by atoms with Crippen molar-refractivity contribution in [3.05, 3.63) is 108 Å². The van der Waals surface area contributed by atoms with Crippen molar-refractivity contribution in [2.45, 2.75) is 12.6 Å². The fourth-order valence-electron chi connectivity index (χ4n) is 4.46. The molecule has 6 rings (SSSR count). The molecule has 40 heavy (non-hydrogen) atoms. The Morgan fingerprint density at radius 2 is 1.82 bits per heavy atom. The molecule has 0 saturated heterocycles. The van der Waals surface area contributed by atoms with Gasteiger partial charge in [0.2, 0.25) is 6.20 Å². The van der Waals surface area contributed by atoms with Gasteiger partial charge in [-0.2, -0.15) is 14.9 Å². The Balaban J connectivity index is 1.46. The van der Waals surface area contributed by atoms with Crippen LogP contribution in [0.15, 0.2) is 86.1 Å². The van der Waals surface area contributed by atoms with Gasteiger partial charge in [-0.1, -0.05) is 11.6 Å². The highest BCUT2D eigenvalue weighted by Crippen LogP contribution is 2.33. The summed E-state index contributed by atoms with van der Waals surface area (Å²) in [5.74, 6) is -1.10. The predicted molar refractivity (Wildman–Crippen MR) is 138 cm³/mol. The predicted octanol–water partition coefficient (Wildman–Crippen LogP) is 3.35. The molecule has 0 bridgehead atoms. The highest BCUT2D eigenvalue weighted by molar-refractivity contribution is 6.31. The quantitative estimate of drug-likeness (QED) is 0.262. The van der Waals surface area contributed by atoms with Crippen LogP contribution in [0.1, 0.15) is 11.7 Å². The molecular weight excluding hydrogens is 542 g/mol. The first kappa shape index (κ1) is 25.2. The molecule has 14 heteroatoms. The highest BCUT2D eigenvalue weighted by atomic mass is 35.5. The first-order valence-electron chi connectivity index (χ1n) is 12.0. The Bertz CT molecular complexity index is 1770. The van der Waals surface area contributed by atoms with Gasteiger partial charge in [-0.3, -0.25) is 19.2 Å². The maximum absolute atomic E-state index is 15.4. The second-order valence-electron chi connectivity index (χ2n) is 8.70. The monoisotopic (exact) mass is 561 g/mol. The SMILES string of the molecule is CO[n+]1cc(-c2c(-n3cnnn3)ccc(Cl)c2F)ccc1C(Cn1cc(F)cn1)n1cc(-c2ccncc2)cn1. The summed E-state index contributed by atoms with van der Waals surface area (Å²) >= 11 is 6.15. The molecule has 0 fully saturated rings. The van der Waals surface area contributed by atoms with E-state index in [9.17, 15) is 4.39 Å². The van der Waals surface area contributed by atoms with Crippen molar-refractivity contribution in [3.8, 4) is 27.9 Å². The number of hydrogen-bond donors (Lipinski definition) is 0. The summed E-state index contributed by atoms with van der Waals surface area (Å²) in [6.45, 7) is 0.228. The molecule has 5 aromatic heterocycles. The molecule has 200 valence electrons. The van der Waals surface area contributed by atoms with Gasteiger partial charge < -0.3 is 0 Å². The van der Waals surface area contributed by atoms with E-state index in [0.29, 0.717) is 16.9 Å². The summed E-state index contributed by atoms with van der Waals surface area (Å²) in [5, 5.41) is 19.9. The number of rotatable bonds is 8. The second-order valence-corrected chi connectivity index (χ2v) is 9.11. The van der Waals surface area contributed by atoms with Gasteiger partial charge in [0.25, 0.3) is 5.69 Å². The summed E-state index contributed by atoms with van der Waals surface area (Å²) < 4.78 is 35.3. The van der Waals surface area contributed by atoms with Crippen LogP contribution in [-0.4, -0.2) is 51.9 Å². The normalized spacial score (nSPS) is 12.0. The van der Waals surface area contributed by atoms with E-state index in [1.54, 1.807) is 47.7 Å². The summed E-state index contributed by atoms with van der Waals surface area (Å²) in [5.41, 5.74) is 3.47. The third kappa shape index (κ3) is 4.78. The zero-order valence-electron chi connectivity index (χ0n) is 20.9. The maximum Gasteiger partial charge on any atom is 0.260 e. The van der Waals surface area contributed by atoms with Crippen molar-refractivity contribution in [2.24, 2.45) is 0 Å². The molecule has 0 saturated carbocycles. The molecule has 5 heterocycles. The lowest BCUT2D eigenvalue weighted by Crippen LogP contribution is -2.47. The number of pyridine rings is 2.